The van der Waals surface area contributed by atoms with Crippen LogP contribution >= 0.6 is 15.9 Å². The highest BCUT2D eigenvalue weighted by atomic mass is 79.9. The van der Waals surface area contributed by atoms with Gasteiger partial charge in [-0.25, -0.2) is 8.78 Å². The lowest BCUT2D eigenvalue weighted by atomic mass is 9.86. The van der Waals surface area contributed by atoms with Crippen molar-refractivity contribution in [2.45, 2.75) is 24.8 Å². The fraction of sp³-hybridized carbons (Fsp3) is 0.250. The normalized spacial score (nSPS) is 21.0. The Labute approximate surface area is 124 Å². The summed E-state index contributed by atoms with van der Waals surface area (Å²) >= 11 is 3.37. The van der Waals surface area contributed by atoms with Crippen molar-refractivity contribution in [2.24, 2.45) is 5.73 Å². The summed E-state index contributed by atoms with van der Waals surface area (Å²) < 4.78 is 27.1. The maximum Gasteiger partial charge on any atom is 0.124 e. The molecule has 0 bridgehead atoms. The second-order valence-electron chi connectivity index (χ2n) is 5.37. The summed E-state index contributed by atoms with van der Waals surface area (Å²) in [7, 11) is 0. The van der Waals surface area contributed by atoms with Crippen molar-refractivity contribution in [3.63, 3.8) is 0 Å². The van der Waals surface area contributed by atoms with E-state index in [4.69, 9.17) is 5.73 Å². The lowest BCUT2D eigenvalue weighted by molar-refractivity contribution is 0.437. The quantitative estimate of drug-likeness (QED) is 0.878. The van der Waals surface area contributed by atoms with Gasteiger partial charge >= 0.3 is 0 Å². The molecule has 0 amide bonds. The number of benzene rings is 2. The second kappa shape index (κ2) is 4.93. The summed E-state index contributed by atoms with van der Waals surface area (Å²) in [5, 5.41) is 0. The predicted molar refractivity (Wildman–Crippen MR) is 78.4 cm³/mol. The van der Waals surface area contributed by atoms with Gasteiger partial charge in [-0.3, -0.25) is 0 Å². The summed E-state index contributed by atoms with van der Waals surface area (Å²) in [6.45, 7) is 0. The summed E-state index contributed by atoms with van der Waals surface area (Å²) in [5.41, 5.74) is 8.95. The van der Waals surface area contributed by atoms with Crippen molar-refractivity contribution in [2.75, 3.05) is 0 Å². The molecule has 104 valence electrons. The van der Waals surface area contributed by atoms with Crippen LogP contribution in [0, 0.1) is 11.6 Å². The van der Waals surface area contributed by atoms with Gasteiger partial charge in [-0.2, -0.15) is 0 Å². The van der Waals surface area contributed by atoms with Crippen LogP contribution in [0.1, 0.15) is 23.1 Å². The molecule has 2 aromatic carbocycles. The van der Waals surface area contributed by atoms with Crippen molar-refractivity contribution in [1.29, 1.82) is 0 Å². The highest BCUT2D eigenvalue weighted by Gasteiger charge is 2.35. The van der Waals surface area contributed by atoms with E-state index < -0.39 is 5.54 Å². The molecule has 0 heterocycles. The zero-order chi connectivity index (χ0) is 14.3. The van der Waals surface area contributed by atoms with E-state index in [0.717, 1.165) is 34.0 Å². The number of hydrogen-bond donors (Lipinski definition) is 1. The van der Waals surface area contributed by atoms with E-state index in [1.165, 1.54) is 18.2 Å². The molecule has 0 saturated heterocycles. The van der Waals surface area contributed by atoms with E-state index >= 15 is 0 Å². The largest absolute Gasteiger partial charge is 0.321 e. The first kappa shape index (κ1) is 13.7. The third-order valence-electron chi connectivity index (χ3n) is 3.97. The molecule has 0 aromatic heterocycles. The molecule has 1 aliphatic rings. The Balaban J connectivity index is 1.96. The van der Waals surface area contributed by atoms with E-state index in [2.05, 4.69) is 15.9 Å². The third kappa shape index (κ3) is 2.38. The molecule has 1 atom stereocenters. The van der Waals surface area contributed by atoms with E-state index in [1.54, 1.807) is 18.2 Å². The number of halogens is 3. The van der Waals surface area contributed by atoms with Gasteiger partial charge in [0.15, 0.2) is 0 Å². The summed E-state index contributed by atoms with van der Waals surface area (Å²) in [6.07, 6.45) is 2.16. The molecule has 0 spiro atoms. The minimum atomic E-state index is -0.511. The van der Waals surface area contributed by atoms with Gasteiger partial charge in [0.25, 0.3) is 0 Å². The van der Waals surface area contributed by atoms with Gasteiger partial charge in [0.1, 0.15) is 11.6 Å². The van der Waals surface area contributed by atoms with Crippen molar-refractivity contribution < 1.29 is 8.78 Å². The van der Waals surface area contributed by atoms with Crippen molar-refractivity contribution in [1.82, 2.24) is 0 Å². The molecule has 2 aromatic rings. The average Bonchev–Trinajstić information content (AvgIpc) is 2.70. The van der Waals surface area contributed by atoms with E-state index in [0.29, 0.717) is 6.42 Å². The Morgan fingerprint density at radius 3 is 2.55 bits per heavy atom. The van der Waals surface area contributed by atoms with Gasteiger partial charge in [0, 0.05) is 10.0 Å². The summed E-state index contributed by atoms with van der Waals surface area (Å²) in [6, 6.07) is 9.41. The van der Waals surface area contributed by atoms with Gasteiger partial charge in [0.05, 0.1) is 0 Å². The SMILES string of the molecule is NC1(Cc2ccc(F)cc2Br)CCc2cc(F)ccc21. The maximum atomic E-state index is 13.3. The first-order valence-electron chi connectivity index (χ1n) is 6.50. The monoisotopic (exact) mass is 337 g/mol. The Kier molecular flexibility index (Phi) is 3.38. The highest BCUT2D eigenvalue weighted by Crippen LogP contribution is 2.38. The van der Waals surface area contributed by atoms with Gasteiger partial charge in [-0.15, -0.1) is 0 Å². The van der Waals surface area contributed by atoms with Gasteiger partial charge in [0.2, 0.25) is 0 Å². The van der Waals surface area contributed by atoms with Crippen LogP contribution in [-0.4, -0.2) is 0 Å². The summed E-state index contributed by atoms with van der Waals surface area (Å²) in [4.78, 5) is 0. The Hall–Kier alpha value is -1.26. The topological polar surface area (TPSA) is 26.0 Å². The number of hydrogen-bond acceptors (Lipinski definition) is 1. The van der Waals surface area contributed by atoms with Crippen LogP contribution in [0.5, 0.6) is 0 Å². The summed E-state index contributed by atoms with van der Waals surface area (Å²) in [5.74, 6) is -0.503. The zero-order valence-electron chi connectivity index (χ0n) is 10.8. The molecule has 0 aliphatic heterocycles. The molecule has 0 radical (unpaired) electrons. The van der Waals surface area contributed by atoms with Crippen molar-refractivity contribution in [3.05, 3.63) is 69.2 Å². The van der Waals surface area contributed by atoms with Crippen LogP contribution < -0.4 is 5.73 Å². The average molecular weight is 338 g/mol. The molecule has 4 heteroatoms. The molecule has 20 heavy (non-hydrogen) atoms. The highest BCUT2D eigenvalue weighted by molar-refractivity contribution is 9.10. The van der Waals surface area contributed by atoms with Crippen LogP contribution in [0.25, 0.3) is 0 Å². The van der Waals surface area contributed by atoms with Crippen LogP contribution in [-0.2, 0) is 18.4 Å². The van der Waals surface area contributed by atoms with Crippen molar-refractivity contribution >= 4 is 15.9 Å². The van der Waals surface area contributed by atoms with Crippen molar-refractivity contribution in [3.8, 4) is 0 Å². The number of nitrogens with two attached hydrogens (primary N) is 1. The zero-order valence-corrected chi connectivity index (χ0v) is 12.4. The Morgan fingerprint density at radius 1 is 1.10 bits per heavy atom. The van der Waals surface area contributed by atoms with Crippen LogP contribution in [0.3, 0.4) is 0 Å². The lowest BCUT2D eigenvalue weighted by Gasteiger charge is -2.26. The molecule has 0 fully saturated rings. The molecule has 3 rings (SSSR count). The minimum Gasteiger partial charge on any atom is -0.321 e. The van der Waals surface area contributed by atoms with E-state index in [-0.39, 0.29) is 11.6 Å². The van der Waals surface area contributed by atoms with Crippen LogP contribution in [0.15, 0.2) is 40.9 Å². The van der Waals surface area contributed by atoms with Crippen LogP contribution in [0.2, 0.25) is 0 Å². The van der Waals surface area contributed by atoms with Gasteiger partial charge in [-0.05, 0) is 60.2 Å². The molecule has 1 aliphatic carbocycles. The molecule has 1 nitrogen and oxygen atoms in total. The number of rotatable bonds is 2. The Morgan fingerprint density at radius 2 is 1.80 bits per heavy atom. The molecule has 1 unspecified atom stereocenters. The second-order valence-corrected chi connectivity index (χ2v) is 6.22. The smallest absolute Gasteiger partial charge is 0.124 e. The molecular weight excluding hydrogens is 324 g/mol. The fourth-order valence-electron chi connectivity index (χ4n) is 2.94. The van der Waals surface area contributed by atoms with E-state index in [1.807, 2.05) is 0 Å². The van der Waals surface area contributed by atoms with E-state index in [9.17, 15) is 8.78 Å². The standard InChI is InChI=1S/C16H14BrF2N/c17-15-8-13(19)2-1-11(15)9-16(20)6-5-10-7-12(18)3-4-14(10)16/h1-4,7-8H,5-6,9,20H2. The van der Waals surface area contributed by atoms with Gasteiger partial charge < -0.3 is 5.73 Å². The number of aryl methyl sites for hydroxylation is 1. The lowest BCUT2D eigenvalue weighted by Crippen LogP contribution is -2.36. The Bertz CT molecular complexity index is 672. The first-order chi connectivity index (χ1) is 9.48. The first-order valence-corrected chi connectivity index (χ1v) is 7.29. The molecular formula is C16H14BrF2N. The number of fused-ring (bicyclic) bond motifs is 1. The predicted octanol–water partition coefficient (Wildman–Crippen LogP) is 4.07. The minimum absolute atomic E-state index is 0.226. The fourth-order valence-corrected chi connectivity index (χ4v) is 3.43. The van der Waals surface area contributed by atoms with Crippen LogP contribution in [0.4, 0.5) is 8.78 Å². The maximum absolute atomic E-state index is 13.3. The molecule has 0 saturated carbocycles. The van der Waals surface area contributed by atoms with Gasteiger partial charge in [-0.1, -0.05) is 28.1 Å². The third-order valence-corrected chi connectivity index (χ3v) is 4.70. The molecule has 2 N–H and O–H groups in total.